The number of hydrogen-bond acceptors (Lipinski definition) is 4. The van der Waals surface area contributed by atoms with E-state index in [1.807, 2.05) is 36.6 Å². The highest BCUT2D eigenvalue weighted by Gasteiger charge is 2.14. The van der Waals surface area contributed by atoms with Gasteiger partial charge in [-0.25, -0.2) is 14.3 Å². The number of aromatic nitrogens is 3. The zero-order valence-corrected chi connectivity index (χ0v) is 13.6. The van der Waals surface area contributed by atoms with Gasteiger partial charge in [0, 0.05) is 10.9 Å². The van der Waals surface area contributed by atoms with Crippen LogP contribution in [-0.2, 0) is 0 Å². The predicted octanol–water partition coefficient (Wildman–Crippen LogP) is 3.11. The second-order valence-corrected chi connectivity index (χ2v) is 6.28. The number of hydrogen-bond donors (Lipinski definition) is 1. The molecule has 0 atom stereocenters. The minimum Gasteiger partial charge on any atom is -0.306 e. The van der Waals surface area contributed by atoms with Gasteiger partial charge in [0.25, 0.3) is 5.56 Å². The average molecular weight is 335 g/mol. The molecule has 2 heterocycles. The van der Waals surface area contributed by atoms with E-state index >= 15 is 0 Å². The maximum absolute atomic E-state index is 12.7. The van der Waals surface area contributed by atoms with Crippen LogP contribution >= 0.6 is 11.3 Å². The summed E-state index contributed by atoms with van der Waals surface area (Å²) in [6.07, 6.45) is 0. The van der Waals surface area contributed by atoms with Crippen LogP contribution in [0.15, 0.2) is 63.5 Å². The number of aryl methyl sites for hydroxylation is 1. The molecule has 1 N–H and O–H groups in total. The van der Waals surface area contributed by atoms with Gasteiger partial charge in [0.1, 0.15) is 0 Å². The number of benzene rings is 2. The van der Waals surface area contributed by atoms with Gasteiger partial charge < -0.3 is 4.98 Å². The molecule has 6 heteroatoms. The van der Waals surface area contributed by atoms with E-state index in [1.54, 1.807) is 24.3 Å². The summed E-state index contributed by atoms with van der Waals surface area (Å²) in [6.45, 7) is 2.00. The van der Waals surface area contributed by atoms with Gasteiger partial charge in [0.2, 0.25) is 5.13 Å². The molecule has 4 rings (SSSR count). The lowest BCUT2D eigenvalue weighted by Gasteiger charge is -2.03. The Balaban J connectivity index is 1.92. The highest BCUT2D eigenvalue weighted by atomic mass is 32.1. The van der Waals surface area contributed by atoms with Gasteiger partial charge in [0.15, 0.2) is 0 Å². The number of rotatable bonds is 2. The van der Waals surface area contributed by atoms with Gasteiger partial charge in [-0.15, -0.1) is 11.3 Å². The third kappa shape index (κ3) is 2.28. The van der Waals surface area contributed by atoms with Crippen molar-refractivity contribution in [3.63, 3.8) is 0 Å². The normalized spacial score (nSPS) is 11.0. The van der Waals surface area contributed by atoms with E-state index in [0.717, 1.165) is 21.4 Å². The van der Waals surface area contributed by atoms with Crippen molar-refractivity contribution in [3.8, 4) is 16.4 Å². The SMILES string of the molecule is Cc1ccccc1-c1csc(-n2c(=O)[nH]c3ccccc3c2=O)n1. The highest BCUT2D eigenvalue weighted by molar-refractivity contribution is 7.12. The summed E-state index contributed by atoms with van der Waals surface area (Å²) in [5.74, 6) is 0. The van der Waals surface area contributed by atoms with Crippen molar-refractivity contribution in [2.24, 2.45) is 0 Å². The molecule has 0 amide bonds. The van der Waals surface area contributed by atoms with Crippen LogP contribution in [0.25, 0.3) is 27.3 Å². The number of aromatic amines is 1. The Morgan fingerprint density at radius 1 is 1.04 bits per heavy atom. The van der Waals surface area contributed by atoms with Crippen LogP contribution in [0, 0.1) is 6.92 Å². The zero-order valence-electron chi connectivity index (χ0n) is 12.8. The molecule has 0 saturated carbocycles. The topological polar surface area (TPSA) is 67.8 Å². The fourth-order valence-electron chi connectivity index (χ4n) is 2.69. The van der Waals surface area contributed by atoms with Crippen molar-refractivity contribution in [2.75, 3.05) is 0 Å². The Bertz CT molecular complexity index is 1170. The van der Waals surface area contributed by atoms with Gasteiger partial charge in [-0.2, -0.15) is 0 Å². The smallest absolute Gasteiger partial charge is 0.306 e. The van der Waals surface area contributed by atoms with Crippen LogP contribution in [0.4, 0.5) is 0 Å². The second kappa shape index (κ2) is 5.58. The van der Waals surface area contributed by atoms with Crippen molar-refractivity contribution < 1.29 is 0 Å². The third-order valence-electron chi connectivity index (χ3n) is 3.91. The van der Waals surface area contributed by atoms with Crippen molar-refractivity contribution in [1.82, 2.24) is 14.5 Å². The Kier molecular flexibility index (Phi) is 3.39. The van der Waals surface area contributed by atoms with Crippen LogP contribution in [0.3, 0.4) is 0 Å². The van der Waals surface area contributed by atoms with Crippen molar-refractivity contribution in [2.45, 2.75) is 6.92 Å². The molecule has 118 valence electrons. The van der Waals surface area contributed by atoms with E-state index in [4.69, 9.17) is 0 Å². The van der Waals surface area contributed by atoms with Crippen LogP contribution in [0.1, 0.15) is 5.56 Å². The maximum atomic E-state index is 12.7. The number of nitrogens with zero attached hydrogens (tertiary/aromatic N) is 2. The minimum atomic E-state index is -0.482. The van der Waals surface area contributed by atoms with E-state index in [9.17, 15) is 9.59 Å². The van der Waals surface area contributed by atoms with Crippen LogP contribution in [-0.4, -0.2) is 14.5 Å². The average Bonchev–Trinajstić information content (AvgIpc) is 3.04. The molecule has 4 aromatic rings. The van der Waals surface area contributed by atoms with Gasteiger partial charge >= 0.3 is 5.69 Å². The molecule has 0 aliphatic rings. The molecule has 2 aromatic carbocycles. The molecule has 0 saturated heterocycles. The fraction of sp³-hybridized carbons (Fsp3) is 0.0556. The fourth-order valence-corrected chi connectivity index (χ4v) is 3.51. The molecule has 0 fully saturated rings. The molecular formula is C18H13N3O2S. The molecule has 0 unspecified atom stereocenters. The van der Waals surface area contributed by atoms with E-state index in [0.29, 0.717) is 16.0 Å². The molecule has 0 bridgehead atoms. The summed E-state index contributed by atoms with van der Waals surface area (Å²) in [7, 11) is 0. The van der Waals surface area contributed by atoms with Crippen molar-refractivity contribution >= 4 is 22.2 Å². The van der Waals surface area contributed by atoms with Gasteiger partial charge in [0.05, 0.1) is 16.6 Å². The molecule has 24 heavy (non-hydrogen) atoms. The molecular weight excluding hydrogens is 322 g/mol. The first-order chi connectivity index (χ1) is 11.6. The Labute approximate surface area is 140 Å². The Morgan fingerprint density at radius 3 is 2.62 bits per heavy atom. The lowest BCUT2D eigenvalue weighted by Crippen LogP contribution is -2.33. The zero-order chi connectivity index (χ0) is 16.7. The summed E-state index contributed by atoms with van der Waals surface area (Å²) in [4.78, 5) is 32.2. The van der Waals surface area contributed by atoms with E-state index in [1.165, 1.54) is 11.3 Å². The maximum Gasteiger partial charge on any atom is 0.335 e. The summed E-state index contributed by atoms with van der Waals surface area (Å²) in [6, 6.07) is 14.8. The number of para-hydroxylation sites is 1. The highest BCUT2D eigenvalue weighted by Crippen LogP contribution is 2.25. The Morgan fingerprint density at radius 2 is 1.79 bits per heavy atom. The lowest BCUT2D eigenvalue weighted by molar-refractivity contribution is 0.891. The quantitative estimate of drug-likeness (QED) is 0.612. The molecule has 0 aliphatic heterocycles. The molecule has 0 spiro atoms. The molecule has 5 nitrogen and oxygen atoms in total. The number of nitrogens with one attached hydrogen (secondary N) is 1. The predicted molar refractivity (Wildman–Crippen MR) is 96.0 cm³/mol. The number of thiazole rings is 1. The first-order valence-electron chi connectivity index (χ1n) is 7.41. The second-order valence-electron chi connectivity index (χ2n) is 5.45. The summed E-state index contributed by atoms with van der Waals surface area (Å²) < 4.78 is 1.09. The van der Waals surface area contributed by atoms with Crippen LogP contribution in [0.2, 0.25) is 0 Å². The monoisotopic (exact) mass is 335 g/mol. The first-order valence-corrected chi connectivity index (χ1v) is 8.29. The van der Waals surface area contributed by atoms with Crippen molar-refractivity contribution in [3.05, 3.63) is 80.3 Å². The van der Waals surface area contributed by atoms with Crippen LogP contribution in [0.5, 0.6) is 0 Å². The minimum absolute atomic E-state index is 0.361. The lowest BCUT2D eigenvalue weighted by atomic mass is 10.1. The Hall–Kier alpha value is -2.99. The largest absolute Gasteiger partial charge is 0.335 e. The molecule has 0 aliphatic carbocycles. The van der Waals surface area contributed by atoms with E-state index in [-0.39, 0.29) is 5.56 Å². The summed E-state index contributed by atoms with van der Waals surface area (Å²) >= 11 is 1.27. The number of H-pyrrole nitrogens is 1. The molecule has 0 radical (unpaired) electrons. The van der Waals surface area contributed by atoms with Gasteiger partial charge in [-0.05, 0) is 24.6 Å². The van der Waals surface area contributed by atoms with E-state index < -0.39 is 5.69 Å². The molecule has 2 aromatic heterocycles. The third-order valence-corrected chi connectivity index (χ3v) is 4.74. The van der Waals surface area contributed by atoms with Crippen molar-refractivity contribution in [1.29, 1.82) is 0 Å². The van der Waals surface area contributed by atoms with Gasteiger partial charge in [-0.3, -0.25) is 4.79 Å². The van der Waals surface area contributed by atoms with Gasteiger partial charge in [-0.1, -0.05) is 36.4 Å². The van der Waals surface area contributed by atoms with Crippen LogP contribution < -0.4 is 11.2 Å². The summed E-state index contributed by atoms with van der Waals surface area (Å²) in [5, 5.41) is 2.69. The summed E-state index contributed by atoms with van der Waals surface area (Å²) in [5.41, 5.74) is 2.52. The number of fused-ring (bicyclic) bond motifs is 1. The van der Waals surface area contributed by atoms with E-state index in [2.05, 4.69) is 9.97 Å². The first kappa shape index (κ1) is 14.6. The standard InChI is InChI=1S/C18H13N3O2S/c1-11-6-2-3-7-12(11)15-10-24-18(20-15)21-16(22)13-8-4-5-9-14(13)19-17(21)23/h2-10H,1H3,(H,19,23).